The zero-order valence-electron chi connectivity index (χ0n) is 31.1. The minimum absolute atomic E-state index is 0. The molecule has 1 aliphatic heterocycles. The van der Waals surface area contributed by atoms with Crippen molar-refractivity contribution in [2.75, 3.05) is 13.2 Å². The zero-order chi connectivity index (χ0) is 38.8. The van der Waals surface area contributed by atoms with E-state index in [9.17, 15) is 0 Å². The summed E-state index contributed by atoms with van der Waals surface area (Å²) < 4.78 is 4.94. The number of benzene rings is 6. The van der Waals surface area contributed by atoms with Gasteiger partial charge in [0.05, 0.1) is 0 Å². The largest absolute Gasteiger partial charge is 2.00 e. The molecule has 8 aromatic rings. The second-order valence-electron chi connectivity index (χ2n) is 11.6. The Morgan fingerprint density at radius 1 is 0.491 bits per heavy atom. The first-order valence-electron chi connectivity index (χ1n) is 17.2. The molecule has 0 bridgehead atoms. The van der Waals surface area contributed by atoms with Crippen molar-refractivity contribution >= 4 is 102 Å². The van der Waals surface area contributed by atoms with Crippen LogP contribution in [0.25, 0.3) is 55.1 Å². The van der Waals surface area contributed by atoms with Gasteiger partial charge in [-0.25, -0.2) is 4.98 Å². The van der Waals surface area contributed by atoms with Gasteiger partial charge in [0.15, 0.2) is 11.6 Å². The Labute approximate surface area is 379 Å². The van der Waals surface area contributed by atoms with Crippen molar-refractivity contribution in [2.45, 2.75) is 26.7 Å². The van der Waals surface area contributed by atoms with Crippen molar-refractivity contribution < 1.29 is 21.7 Å². The second kappa shape index (κ2) is 25.4. The molecule has 0 aliphatic carbocycles. The van der Waals surface area contributed by atoms with E-state index in [1.165, 1.54) is 34.4 Å². The number of nitrogens with zero attached hydrogens (tertiary/aromatic N) is 6. The average molecular weight is 910 g/mol. The second-order valence-corrected chi connectivity index (χ2v) is 13.0. The summed E-state index contributed by atoms with van der Waals surface area (Å²) in [7, 11) is 0. The van der Waals surface area contributed by atoms with Crippen LogP contribution in [0.4, 0.5) is 0 Å². The maximum atomic E-state index is 6.22. The van der Waals surface area contributed by atoms with Gasteiger partial charge in [-0.2, -0.15) is 49.2 Å². The minimum Gasteiger partial charge on any atom is -1.00 e. The Balaban J connectivity index is 0.000000237. The van der Waals surface area contributed by atoms with E-state index in [4.69, 9.17) is 51.1 Å². The van der Waals surface area contributed by atoms with E-state index in [-0.39, 0.29) is 61.2 Å². The number of halogens is 5. The Kier molecular flexibility index (Phi) is 21.1. The summed E-state index contributed by atoms with van der Waals surface area (Å²) in [6, 6.07) is 46.0. The van der Waals surface area contributed by atoms with Crippen molar-refractivity contribution in [3.63, 3.8) is 0 Å². The van der Waals surface area contributed by atoms with Crippen LogP contribution in [-0.4, -0.2) is 66.2 Å². The fourth-order valence-corrected chi connectivity index (χ4v) is 5.92. The Bertz CT molecular complexity index is 2320. The Hall–Kier alpha value is -3.95. The molecule has 1 aliphatic rings. The molecule has 0 atom stereocenters. The molecule has 1 fully saturated rings. The molecule has 13 heteroatoms. The van der Waals surface area contributed by atoms with Gasteiger partial charge in [0.25, 0.3) is 0 Å². The molecule has 9 rings (SSSR count). The molecule has 0 N–H and O–H groups in total. The van der Waals surface area contributed by atoms with E-state index >= 15 is 0 Å². The van der Waals surface area contributed by atoms with Gasteiger partial charge < -0.3 is 21.7 Å². The van der Waals surface area contributed by atoms with Crippen LogP contribution >= 0.6 is 46.4 Å². The summed E-state index contributed by atoms with van der Waals surface area (Å²) in [5.74, 6) is 6.51. The van der Waals surface area contributed by atoms with E-state index in [0.717, 1.165) is 35.1 Å². The first-order valence-corrected chi connectivity index (χ1v) is 18.7. The molecule has 0 radical (unpaired) electrons. The number of ether oxygens (including phenoxy) is 1. The molecule has 0 amide bonds. The van der Waals surface area contributed by atoms with Crippen LogP contribution in [0.2, 0.25) is 21.1 Å². The third-order valence-electron chi connectivity index (χ3n) is 7.85. The number of hydrogen-bond acceptors (Lipinski definition) is 7. The molecule has 7 nitrogen and oxygen atoms in total. The van der Waals surface area contributed by atoms with Gasteiger partial charge in [-0.1, -0.05) is 91.0 Å². The SMILES string of the molecule is C1CCOC1.CC#CC.Clc1nc(-c2ccc3ccccc3c2)nc(-c2ccc3ccccc3c2)n1.Clc1nc(Cl)nc(Cl)n1.[Br-].[Mg+2].[c-]1ccc2ccccc2c1. The van der Waals surface area contributed by atoms with E-state index in [1.54, 1.807) is 0 Å². The minimum atomic E-state index is 0. The van der Waals surface area contributed by atoms with E-state index in [0.29, 0.717) is 11.6 Å². The summed E-state index contributed by atoms with van der Waals surface area (Å²) in [4.78, 5) is 23.7. The van der Waals surface area contributed by atoms with Crippen molar-refractivity contribution in [2.24, 2.45) is 0 Å². The molecule has 0 saturated carbocycles. The van der Waals surface area contributed by atoms with Crippen molar-refractivity contribution in [3.05, 3.63) is 155 Å². The predicted octanol–water partition coefficient (Wildman–Crippen LogP) is 9.09. The molecule has 1 saturated heterocycles. The molecule has 2 aromatic heterocycles. The van der Waals surface area contributed by atoms with Crippen molar-refractivity contribution in [1.82, 2.24) is 29.9 Å². The third-order valence-corrected chi connectivity index (χ3v) is 8.52. The summed E-state index contributed by atoms with van der Waals surface area (Å²) in [6.07, 6.45) is 2.56. The van der Waals surface area contributed by atoms with Gasteiger partial charge >= 0.3 is 23.1 Å². The number of aromatic nitrogens is 6. The Morgan fingerprint density at radius 3 is 1.26 bits per heavy atom. The van der Waals surface area contributed by atoms with E-state index in [2.05, 4.69) is 115 Å². The smallest absolute Gasteiger partial charge is 1.00 e. The molecular weight excluding hydrogens is 875 g/mol. The fraction of sp³-hybridized carbons (Fsp3) is 0.136. The first kappa shape index (κ1) is 47.4. The standard InChI is InChI=1S/C23H14ClN3.C10H7.C4H8O.C4H6.C3Cl3N3.BrH.Mg/c24-23-26-21(19-11-9-15-5-1-3-7-17(15)13-19)25-22(27-23)20-12-10-16-6-2-4-8-18(16)14-20;1-2-6-10-8-4-3-7-9(10)5-1;1-2-4-5-3-1;1-3-4-2;4-1-7-2(5)9-3(6)8-1;;/h1-14H;1-3,5-8H;1-4H2;1-2H3;;1H;/q;-1;;;;;+2/p-1. The van der Waals surface area contributed by atoms with Crippen LogP contribution in [0, 0.1) is 17.9 Å². The van der Waals surface area contributed by atoms with Gasteiger partial charge in [-0.3, -0.25) is 0 Å². The molecule has 57 heavy (non-hydrogen) atoms. The van der Waals surface area contributed by atoms with Gasteiger partial charge in [-0.05, 0) is 107 Å². The van der Waals surface area contributed by atoms with Gasteiger partial charge in [0, 0.05) is 24.3 Å². The van der Waals surface area contributed by atoms with Crippen molar-refractivity contribution in [3.8, 4) is 34.6 Å². The fourth-order valence-electron chi connectivity index (χ4n) is 5.15. The quantitative estimate of drug-likeness (QED) is 0.0973. The molecule has 0 unspecified atom stereocenters. The third kappa shape index (κ3) is 15.4. The molecule has 3 heterocycles. The monoisotopic (exact) mass is 906 g/mol. The topological polar surface area (TPSA) is 86.6 Å². The summed E-state index contributed by atoms with van der Waals surface area (Å²) in [5.41, 5.74) is 1.83. The summed E-state index contributed by atoms with van der Waals surface area (Å²) >= 11 is 22.2. The number of fused-ring (bicyclic) bond motifs is 3. The van der Waals surface area contributed by atoms with E-state index < -0.39 is 0 Å². The molecular formula is C44H35BrCl4MgN6O. The zero-order valence-corrected chi connectivity index (χ0v) is 37.2. The summed E-state index contributed by atoms with van der Waals surface area (Å²) in [6.45, 7) is 5.64. The number of hydrogen-bond donors (Lipinski definition) is 0. The maximum absolute atomic E-state index is 6.22. The molecule has 284 valence electrons. The maximum Gasteiger partial charge on any atom is 2.00 e. The van der Waals surface area contributed by atoms with Crippen molar-refractivity contribution in [1.29, 1.82) is 0 Å². The van der Waals surface area contributed by atoms with Gasteiger partial charge in [0.2, 0.25) is 21.1 Å². The van der Waals surface area contributed by atoms with Crippen LogP contribution in [0.3, 0.4) is 0 Å². The van der Waals surface area contributed by atoms with Crippen LogP contribution < -0.4 is 17.0 Å². The van der Waals surface area contributed by atoms with Crippen LogP contribution in [-0.2, 0) is 4.74 Å². The predicted molar refractivity (Wildman–Crippen MR) is 233 cm³/mol. The van der Waals surface area contributed by atoms with Crippen LogP contribution in [0.1, 0.15) is 26.7 Å². The van der Waals surface area contributed by atoms with Crippen LogP contribution in [0.5, 0.6) is 0 Å². The Morgan fingerprint density at radius 2 is 0.877 bits per heavy atom. The average Bonchev–Trinajstić information content (AvgIpc) is 3.81. The van der Waals surface area contributed by atoms with Gasteiger partial charge in [-0.15, -0.1) is 28.7 Å². The molecule has 0 spiro atoms. The first-order chi connectivity index (χ1) is 26.8. The normalized spacial score (nSPS) is 10.9. The number of rotatable bonds is 2. The van der Waals surface area contributed by atoms with Crippen LogP contribution in [0.15, 0.2) is 127 Å². The van der Waals surface area contributed by atoms with E-state index in [1.807, 2.05) is 74.5 Å². The molecule has 6 aromatic carbocycles. The summed E-state index contributed by atoms with van der Waals surface area (Å²) in [5, 5.41) is 7.35. The van der Waals surface area contributed by atoms with Gasteiger partial charge in [0.1, 0.15) is 0 Å².